The molecule has 1 fully saturated rings. The van der Waals surface area contributed by atoms with Crippen LogP contribution in [0, 0.1) is 13.8 Å². The highest BCUT2D eigenvalue weighted by Gasteiger charge is 2.29. The Morgan fingerprint density at radius 1 is 1.13 bits per heavy atom. The van der Waals surface area contributed by atoms with Crippen LogP contribution in [0.2, 0.25) is 0 Å². The van der Waals surface area contributed by atoms with Crippen molar-refractivity contribution in [2.45, 2.75) is 99.1 Å². The van der Waals surface area contributed by atoms with Crippen molar-refractivity contribution in [2.24, 2.45) is 0 Å². The van der Waals surface area contributed by atoms with Crippen molar-refractivity contribution in [2.75, 3.05) is 13.1 Å². The predicted octanol–water partition coefficient (Wildman–Crippen LogP) is 6.03. The molecule has 0 radical (unpaired) electrons. The molecule has 2 amide bonds. The monoisotopic (exact) mass is 418 g/mol. The van der Waals surface area contributed by atoms with Gasteiger partial charge in [0.2, 0.25) is 5.91 Å². The van der Waals surface area contributed by atoms with E-state index in [4.69, 9.17) is 4.74 Å². The number of nitrogens with one attached hydrogen (secondary N) is 1. The number of carbonyl (C=O) groups excluding carboxylic acids is 2. The molecule has 0 saturated carbocycles. The zero-order valence-electron chi connectivity index (χ0n) is 20.5. The van der Waals surface area contributed by atoms with Crippen LogP contribution in [0.4, 0.5) is 4.79 Å². The normalized spacial score (nSPS) is 15.7. The van der Waals surface area contributed by atoms with Gasteiger partial charge >= 0.3 is 6.09 Å². The van der Waals surface area contributed by atoms with Gasteiger partial charge in [-0.2, -0.15) is 0 Å². The summed E-state index contributed by atoms with van der Waals surface area (Å²) in [5, 5.41) is 3.10. The number of aryl methyl sites for hydroxylation is 2. The first-order valence-corrected chi connectivity index (χ1v) is 11.4. The molecule has 1 heterocycles. The Hall–Kier alpha value is -2.04. The lowest BCUT2D eigenvalue weighted by atomic mass is 9.82. The Labute approximate surface area is 183 Å². The van der Waals surface area contributed by atoms with Crippen LogP contribution >= 0.6 is 0 Å². The molecule has 0 bridgehead atoms. The van der Waals surface area contributed by atoms with Crippen LogP contribution in [-0.2, 0) is 9.53 Å². The van der Waals surface area contributed by atoms with Crippen molar-refractivity contribution in [3.63, 3.8) is 0 Å². The first-order chi connectivity index (χ1) is 14.0. The van der Waals surface area contributed by atoms with Gasteiger partial charge in [0.15, 0.2) is 0 Å². The average Bonchev–Trinajstić information content (AvgIpc) is 2.68. The smallest absolute Gasteiger partial charge is 0.410 e. The summed E-state index contributed by atoms with van der Waals surface area (Å²) in [5.74, 6) is 0.381. The molecule has 1 saturated heterocycles. The number of nitrogens with zero attached hydrogens (tertiary/aromatic N) is 1. The van der Waals surface area contributed by atoms with Gasteiger partial charge in [-0.15, -0.1) is 0 Å². The molecule has 1 aliphatic rings. The Bertz CT molecular complexity index is 714. The van der Waals surface area contributed by atoms with E-state index in [0.29, 0.717) is 19.0 Å². The molecule has 30 heavy (non-hydrogen) atoms. The second-order valence-corrected chi connectivity index (χ2v) is 8.97. The van der Waals surface area contributed by atoms with Crippen molar-refractivity contribution < 1.29 is 14.3 Å². The van der Waals surface area contributed by atoms with E-state index >= 15 is 0 Å². The van der Waals surface area contributed by atoms with Crippen LogP contribution in [0.25, 0.3) is 0 Å². The molecule has 1 aromatic rings. The van der Waals surface area contributed by atoms with Gasteiger partial charge in [-0.05, 0) is 82.1 Å². The third kappa shape index (κ3) is 7.33. The van der Waals surface area contributed by atoms with Crippen LogP contribution in [0.15, 0.2) is 12.1 Å². The average molecular weight is 419 g/mol. The first-order valence-electron chi connectivity index (χ1n) is 11.4. The molecular weight excluding hydrogens is 376 g/mol. The highest BCUT2D eigenvalue weighted by Crippen LogP contribution is 2.36. The first kappa shape index (κ1) is 26.0. The van der Waals surface area contributed by atoms with Crippen molar-refractivity contribution in [3.8, 4) is 0 Å². The van der Waals surface area contributed by atoms with Gasteiger partial charge in [-0.1, -0.05) is 32.9 Å². The number of carbonyl (C=O) groups is 2. The van der Waals surface area contributed by atoms with Crippen molar-refractivity contribution in [1.29, 1.82) is 0 Å². The molecule has 0 spiro atoms. The number of likely N-dealkylation sites (tertiary alicyclic amines) is 1. The number of rotatable bonds is 4. The molecule has 1 aliphatic heterocycles. The molecule has 5 nitrogen and oxygen atoms in total. The highest BCUT2D eigenvalue weighted by atomic mass is 16.6. The fraction of sp³-hybridized carbons (Fsp3) is 0.680. The van der Waals surface area contributed by atoms with E-state index < -0.39 is 5.60 Å². The standard InChI is InChI=1S/C23H36N2O3.C2H6/c1-8-21(24-17(4)26)20-14-16(3)15(2)13-19(20)18-9-11-25(12-10-18)22(27)28-23(5,6)7;1-2/h13-14,18,21H,8-12H2,1-7H3,(H,24,26);1-2H3. The molecule has 1 N–H and O–H groups in total. The van der Waals surface area contributed by atoms with E-state index in [-0.39, 0.29) is 18.0 Å². The molecule has 1 atom stereocenters. The van der Waals surface area contributed by atoms with Gasteiger partial charge in [0, 0.05) is 20.0 Å². The summed E-state index contributed by atoms with van der Waals surface area (Å²) in [4.78, 5) is 25.9. The summed E-state index contributed by atoms with van der Waals surface area (Å²) in [7, 11) is 0. The summed E-state index contributed by atoms with van der Waals surface area (Å²) in [6.45, 7) is 19.0. The number of amides is 2. The maximum absolute atomic E-state index is 12.4. The number of piperidine rings is 1. The second-order valence-electron chi connectivity index (χ2n) is 8.97. The number of hydrogen-bond acceptors (Lipinski definition) is 3. The maximum atomic E-state index is 12.4. The fourth-order valence-corrected chi connectivity index (χ4v) is 3.86. The van der Waals surface area contributed by atoms with E-state index in [2.05, 4.69) is 38.2 Å². The van der Waals surface area contributed by atoms with Gasteiger partial charge in [-0.25, -0.2) is 4.79 Å². The molecule has 1 aromatic carbocycles. The minimum Gasteiger partial charge on any atom is -0.444 e. The Morgan fingerprint density at radius 3 is 2.13 bits per heavy atom. The van der Waals surface area contributed by atoms with Crippen LogP contribution in [0.3, 0.4) is 0 Å². The Morgan fingerprint density at radius 2 is 1.67 bits per heavy atom. The number of ether oxygens (including phenoxy) is 1. The van der Waals surface area contributed by atoms with E-state index in [1.54, 1.807) is 6.92 Å². The van der Waals surface area contributed by atoms with Crippen molar-refractivity contribution in [3.05, 3.63) is 34.4 Å². The molecule has 0 aliphatic carbocycles. The Kier molecular flexibility index (Phi) is 9.86. The summed E-state index contributed by atoms with van der Waals surface area (Å²) in [6.07, 6.45) is 2.44. The van der Waals surface area contributed by atoms with Gasteiger partial charge in [0.05, 0.1) is 6.04 Å². The van der Waals surface area contributed by atoms with Gasteiger partial charge < -0.3 is 15.0 Å². The van der Waals surface area contributed by atoms with E-state index in [0.717, 1.165) is 19.3 Å². The summed E-state index contributed by atoms with van der Waals surface area (Å²) >= 11 is 0. The second kappa shape index (κ2) is 11.4. The van der Waals surface area contributed by atoms with Crippen LogP contribution in [0.1, 0.15) is 102 Å². The zero-order valence-corrected chi connectivity index (χ0v) is 20.5. The Balaban J connectivity index is 0.00000218. The summed E-state index contributed by atoms with van der Waals surface area (Å²) in [5.41, 5.74) is 4.57. The SMILES string of the molecule is CC.CCC(NC(C)=O)c1cc(C)c(C)cc1C1CCN(C(=O)OC(C)(C)C)CC1. The molecule has 5 heteroatoms. The van der Waals surface area contributed by atoms with Crippen LogP contribution in [-0.4, -0.2) is 35.6 Å². The molecule has 2 rings (SSSR count). The molecule has 170 valence electrons. The quantitative estimate of drug-likeness (QED) is 0.649. The molecule has 1 unspecified atom stereocenters. The summed E-state index contributed by atoms with van der Waals surface area (Å²) in [6, 6.07) is 4.54. The minimum atomic E-state index is -0.470. The number of hydrogen-bond donors (Lipinski definition) is 1. The lowest BCUT2D eigenvalue weighted by Crippen LogP contribution is -2.41. The number of benzene rings is 1. The highest BCUT2D eigenvalue weighted by molar-refractivity contribution is 5.73. The van der Waals surface area contributed by atoms with E-state index in [9.17, 15) is 9.59 Å². The largest absolute Gasteiger partial charge is 0.444 e. The van der Waals surface area contributed by atoms with Crippen LogP contribution < -0.4 is 5.32 Å². The lowest BCUT2D eigenvalue weighted by molar-refractivity contribution is -0.119. The zero-order chi connectivity index (χ0) is 23.1. The molecular formula is C25H42N2O3. The third-order valence-electron chi connectivity index (χ3n) is 5.45. The van der Waals surface area contributed by atoms with Gasteiger partial charge in [0.1, 0.15) is 5.60 Å². The van der Waals surface area contributed by atoms with E-state index in [1.807, 2.05) is 39.5 Å². The van der Waals surface area contributed by atoms with Gasteiger partial charge in [0.25, 0.3) is 0 Å². The van der Waals surface area contributed by atoms with Crippen molar-refractivity contribution in [1.82, 2.24) is 10.2 Å². The van der Waals surface area contributed by atoms with Gasteiger partial charge in [-0.3, -0.25) is 4.79 Å². The van der Waals surface area contributed by atoms with Crippen LogP contribution in [0.5, 0.6) is 0 Å². The summed E-state index contributed by atoms with van der Waals surface area (Å²) < 4.78 is 5.52. The minimum absolute atomic E-state index is 0.00391. The predicted molar refractivity (Wildman–Crippen MR) is 124 cm³/mol. The topological polar surface area (TPSA) is 58.6 Å². The fourth-order valence-electron chi connectivity index (χ4n) is 3.86. The third-order valence-corrected chi connectivity index (χ3v) is 5.45. The van der Waals surface area contributed by atoms with Crippen molar-refractivity contribution >= 4 is 12.0 Å². The maximum Gasteiger partial charge on any atom is 0.410 e. The lowest BCUT2D eigenvalue weighted by Gasteiger charge is -2.35. The molecule has 0 aromatic heterocycles. The van der Waals surface area contributed by atoms with E-state index in [1.165, 1.54) is 22.3 Å².